The van der Waals surface area contributed by atoms with Crippen LogP contribution in [-0.2, 0) is 48.1 Å². The molecule has 84 heavy (non-hydrogen) atoms. The first-order valence-electron chi connectivity index (χ1n) is 29.9. The zero-order chi connectivity index (χ0) is 59.1. The van der Waals surface area contributed by atoms with Crippen LogP contribution in [0.2, 0.25) is 0 Å². The third-order valence-corrected chi connectivity index (χ3v) is 17.5. The molecule has 1 aliphatic heterocycles. The first kappa shape index (κ1) is 59.9. The average molecular weight is 1290 g/mol. The summed E-state index contributed by atoms with van der Waals surface area (Å²) in [6.45, 7) is 41.4. The van der Waals surface area contributed by atoms with E-state index in [1.807, 2.05) is 6.20 Å². The van der Waals surface area contributed by atoms with Gasteiger partial charge in [0.15, 0.2) is 0 Å². The molecule has 0 atom stereocenters. The number of anilines is 4. The number of pyridine rings is 1. The molecule has 3 heterocycles. The van der Waals surface area contributed by atoms with Crippen LogP contribution in [0.5, 0.6) is 11.5 Å². The molecule has 5 nitrogen and oxygen atoms in total. The van der Waals surface area contributed by atoms with Gasteiger partial charge in [0, 0.05) is 66.8 Å². The number of benzene rings is 8. The minimum atomic E-state index is -0.423. The van der Waals surface area contributed by atoms with E-state index in [0.717, 1.165) is 55.9 Å². The zero-order valence-corrected chi connectivity index (χ0v) is 54.8. The van der Waals surface area contributed by atoms with Crippen molar-refractivity contribution in [1.29, 1.82) is 0 Å². The summed E-state index contributed by atoms with van der Waals surface area (Å²) in [5, 5.41) is 2.23. The summed E-state index contributed by atoms with van der Waals surface area (Å²) in [7, 11) is 0. The number of hydrogen-bond donors (Lipinski definition) is 0. The van der Waals surface area contributed by atoms with Gasteiger partial charge in [0.25, 0.3) is 0 Å². The predicted octanol–water partition coefficient (Wildman–Crippen LogP) is 21.4. The molecule has 0 aliphatic carbocycles. The monoisotopic (exact) mass is 1290 g/mol. The molecule has 0 saturated heterocycles. The molecule has 10 aromatic rings. The Morgan fingerprint density at radius 2 is 1.05 bits per heavy atom. The summed E-state index contributed by atoms with van der Waals surface area (Å²) in [4.78, 5) is 9.85. The fraction of sp³-hybridized carbons (Fsp3) is 0.308. The maximum Gasteiger partial charge on any atom is 0.135 e. The number of nitrogens with zero attached hydrogens (tertiary/aromatic N) is 4. The minimum Gasteiger partial charge on any atom is -0.509 e. The first-order chi connectivity index (χ1) is 39.2. The summed E-state index contributed by atoms with van der Waals surface area (Å²) < 4.78 is 9.51. The Morgan fingerprint density at radius 1 is 0.452 bits per heavy atom. The van der Waals surface area contributed by atoms with E-state index >= 15 is 0 Å². The van der Waals surface area contributed by atoms with E-state index in [-0.39, 0.29) is 42.7 Å². The van der Waals surface area contributed by atoms with Crippen LogP contribution in [-0.4, -0.2) is 9.55 Å². The molecule has 1 aliphatic rings. The number of rotatable bonds is 12. The quantitative estimate of drug-likeness (QED) is 0.114. The van der Waals surface area contributed by atoms with Crippen molar-refractivity contribution in [2.24, 2.45) is 0 Å². The van der Waals surface area contributed by atoms with Gasteiger partial charge in [-0.2, -0.15) is 6.07 Å². The molecule has 0 N–H and O–H groups in total. The van der Waals surface area contributed by atoms with E-state index in [4.69, 9.17) is 9.72 Å². The average Bonchev–Trinajstić information content (AvgIpc) is 1.82. The van der Waals surface area contributed by atoms with E-state index in [1.165, 1.54) is 55.6 Å². The Labute approximate surface area is 516 Å². The van der Waals surface area contributed by atoms with Crippen molar-refractivity contribution >= 4 is 44.6 Å². The Balaban J connectivity index is 0.00000786. The Kier molecular flexibility index (Phi) is 15.9. The third kappa shape index (κ3) is 11.3. The van der Waals surface area contributed by atoms with Crippen molar-refractivity contribution in [2.45, 2.75) is 157 Å². The van der Waals surface area contributed by atoms with Gasteiger partial charge in [-0.25, -0.2) is 4.98 Å². The first-order valence-corrected chi connectivity index (χ1v) is 29.9. The fourth-order valence-electron chi connectivity index (χ4n) is 12.1. The van der Waals surface area contributed by atoms with Gasteiger partial charge >= 0.3 is 0 Å². The molecule has 0 spiro atoms. The molecule has 6 heteroatoms. The molecular weight excluding hydrogens is 1200 g/mol. The third-order valence-electron chi connectivity index (χ3n) is 17.5. The van der Waals surface area contributed by atoms with Crippen LogP contribution in [0, 0.1) is 18.8 Å². The van der Waals surface area contributed by atoms with Crippen LogP contribution in [0.3, 0.4) is 0 Å². The van der Waals surface area contributed by atoms with Crippen LogP contribution in [0.15, 0.2) is 176 Å². The molecule has 0 radical (unpaired) electrons. The van der Waals surface area contributed by atoms with E-state index < -0.39 is 5.41 Å². The van der Waals surface area contributed by atoms with Crippen LogP contribution in [0.4, 0.5) is 22.7 Å². The van der Waals surface area contributed by atoms with Gasteiger partial charge in [0.1, 0.15) is 5.82 Å². The maximum atomic E-state index is 7.24. The standard InChI is InChI=1S/C78H83N4O.Pt/c1-50(2)64-29-24-30-65(51(3)4)73(64)52-31-35-69-71(39-52)81(49-80(69)60-41-57(75(8,9)10)40-58(42-60)76(11,12)13)61-43-59(78(16,17)54-27-22-19-23-28-54)44-63(47-61)83-62-33-34-66-67-45-55(74(5,6)7)32-36-68(67)82(70(66)48-62)72-46-56(37-38-79-72)77(14,15)53-25-20-18-21-26-53;/h18-46,49-51H,1-17H3;/q-3;. The van der Waals surface area contributed by atoms with Crippen LogP contribution < -0.4 is 14.5 Å². The van der Waals surface area contributed by atoms with Crippen molar-refractivity contribution in [3.8, 4) is 28.4 Å². The largest absolute Gasteiger partial charge is 0.509 e. The molecule has 0 unspecified atom stereocenters. The van der Waals surface area contributed by atoms with Gasteiger partial charge in [-0.1, -0.05) is 226 Å². The number of aromatic nitrogens is 2. The van der Waals surface area contributed by atoms with Crippen LogP contribution in [0.25, 0.3) is 38.8 Å². The SMILES string of the molecule is CC(C)c1cccc(C(C)C)c1-c1ccc2c(c1)N(c1[c-]c(Oc3[c-]c4c(cc3)c3cc(C(C)(C)C)ccc3n4-c3cc(C(C)(C)c4ccccc4)ccn3)cc(C(C)(C)c3ccccc3)c1)[CH-]N2c1cc(C(C)(C)C)cc(C(C)(C)C)c1.[Pt]. The molecule has 11 rings (SSSR count). The molecule has 0 fully saturated rings. The summed E-state index contributed by atoms with van der Waals surface area (Å²) >= 11 is 0. The molecule has 0 amide bonds. The summed E-state index contributed by atoms with van der Waals surface area (Å²) in [6.07, 6.45) is 1.95. The Morgan fingerprint density at radius 3 is 1.63 bits per heavy atom. The van der Waals surface area contributed by atoms with E-state index in [2.05, 4.69) is 321 Å². The van der Waals surface area contributed by atoms with Gasteiger partial charge in [-0.05, 0) is 137 Å². The van der Waals surface area contributed by atoms with E-state index in [0.29, 0.717) is 23.3 Å². The van der Waals surface area contributed by atoms with Crippen molar-refractivity contribution < 1.29 is 25.8 Å². The van der Waals surface area contributed by atoms with Crippen molar-refractivity contribution in [2.75, 3.05) is 9.80 Å². The van der Waals surface area contributed by atoms with Gasteiger partial charge in [0.2, 0.25) is 0 Å². The van der Waals surface area contributed by atoms with Crippen molar-refractivity contribution in [3.05, 3.63) is 245 Å². The second kappa shape index (κ2) is 22.3. The normalized spacial score (nSPS) is 13.3. The Hall–Kier alpha value is -7.20. The van der Waals surface area contributed by atoms with Crippen LogP contribution in [0.1, 0.15) is 180 Å². The molecule has 434 valence electrons. The molecular formula is C78H83N4OPt-3. The molecule has 0 saturated carbocycles. The molecule has 0 bridgehead atoms. The molecule has 2 aromatic heterocycles. The second-order valence-electron chi connectivity index (χ2n) is 28.0. The van der Waals surface area contributed by atoms with Crippen molar-refractivity contribution in [3.63, 3.8) is 0 Å². The smallest absolute Gasteiger partial charge is 0.135 e. The number of ether oxygens (including phenoxy) is 1. The number of fused-ring (bicyclic) bond motifs is 4. The van der Waals surface area contributed by atoms with Gasteiger partial charge < -0.3 is 19.1 Å². The van der Waals surface area contributed by atoms with Gasteiger partial charge in [0.05, 0.1) is 0 Å². The zero-order valence-electron chi connectivity index (χ0n) is 52.5. The van der Waals surface area contributed by atoms with Gasteiger partial charge in [-0.15, -0.1) is 53.6 Å². The van der Waals surface area contributed by atoms with Crippen molar-refractivity contribution in [1.82, 2.24) is 9.55 Å². The number of hydrogen-bond acceptors (Lipinski definition) is 4. The summed E-state index contributed by atoms with van der Waals surface area (Å²) in [6, 6.07) is 70.4. The topological polar surface area (TPSA) is 33.5 Å². The minimum absolute atomic E-state index is 0. The summed E-state index contributed by atoms with van der Waals surface area (Å²) in [5.74, 6) is 2.69. The summed E-state index contributed by atoms with van der Waals surface area (Å²) in [5.41, 5.74) is 19.0. The maximum absolute atomic E-state index is 7.24. The van der Waals surface area contributed by atoms with E-state index in [9.17, 15) is 0 Å². The fourth-order valence-corrected chi connectivity index (χ4v) is 12.1. The Bertz CT molecular complexity index is 3990. The predicted molar refractivity (Wildman–Crippen MR) is 351 cm³/mol. The van der Waals surface area contributed by atoms with E-state index in [1.54, 1.807) is 0 Å². The molecule has 8 aromatic carbocycles. The second-order valence-corrected chi connectivity index (χ2v) is 28.0. The van der Waals surface area contributed by atoms with Gasteiger partial charge in [-0.3, -0.25) is 0 Å². The van der Waals surface area contributed by atoms with Crippen LogP contribution >= 0.6 is 0 Å².